The summed E-state index contributed by atoms with van der Waals surface area (Å²) in [7, 11) is 0. The zero-order valence-corrected chi connectivity index (χ0v) is 9.97. The van der Waals surface area contributed by atoms with Gasteiger partial charge in [0.15, 0.2) is 5.82 Å². The molecule has 3 rings (SSSR count). The van der Waals surface area contributed by atoms with Gasteiger partial charge in [0, 0.05) is 17.0 Å². The van der Waals surface area contributed by atoms with Crippen LogP contribution < -0.4 is 0 Å². The smallest absolute Gasteiger partial charge is 0.213 e. The topological polar surface area (TPSA) is 44.5 Å². The van der Waals surface area contributed by atoms with Crippen molar-refractivity contribution in [2.75, 3.05) is 0 Å². The molecule has 4 heteroatoms. The van der Waals surface area contributed by atoms with E-state index in [9.17, 15) is 0 Å². The number of hydrogen-bond acceptors (Lipinski definition) is 2. The van der Waals surface area contributed by atoms with Crippen LogP contribution in [0.25, 0.3) is 11.4 Å². The third-order valence-corrected chi connectivity index (χ3v) is 2.85. The first kappa shape index (κ1) is 10.3. The molecule has 1 aromatic heterocycles. The largest absolute Gasteiger partial charge is 0.282 e. The second kappa shape index (κ2) is 4.19. The summed E-state index contributed by atoms with van der Waals surface area (Å²) in [6.07, 6.45) is 2.52. The van der Waals surface area contributed by atoms with Crippen LogP contribution in [0.1, 0.15) is 18.4 Å². The van der Waals surface area contributed by atoms with Crippen LogP contribution in [0.5, 0.6) is 0 Å². The molecule has 0 aliphatic heterocycles. The fourth-order valence-corrected chi connectivity index (χ4v) is 1.67. The maximum atomic E-state index is 4.92. The van der Waals surface area contributed by atoms with Crippen molar-refractivity contribution in [3.8, 4) is 23.2 Å². The molecule has 1 aromatic carbocycles. The quantitative estimate of drug-likeness (QED) is 0.595. The average Bonchev–Trinajstić information content (AvgIpc) is 3.09. The summed E-state index contributed by atoms with van der Waals surface area (Å²) in [5.41, 5.74) is 2.06. The molecule has 1 saturated carbocycles. The molecule has 0 saturated heterocycles. The molecule has 0 radical (unpaired) electrons. The number of aromatic nitrogens is 3. The molecule has 1 aliphatic carbocycles. The Kier molecular flexibility index (Phi) is 2.54. The van der Waals surface area contributed by atoms with E-state index in [-0.39, 0.29) is 0 Å². The van der Waals surface area contributed by atoms with Crippen molar-refractivity contribution in [3.05, 3.63) is 34.6 Å². The highest BCUT2D eigenvalue weighted by Gasteiger charge is 2.17. The number of hydrogen-bond donors (Lipinski definition) is 2. The number of nitrogens with zero attached hydrogens (tertiary/aromatic N) is 1. The van der Waals surface area contributed by atoms with Gasteiger partial charge in [-0.25, -0.2) is 0 Å². The molecule has 0 amide bonds. The SMILES string of the molecule is S=c1nc(-c2ccc(C#CC3CC3)cc2)[nH][nH]1. The van der Waals surface area contributed by atoms with E-state index in [0.29, 0.717) is 10.7 Å². The Bertz CT molecular complexity index is 636. The molecular formula is C13H11N3S. The van der Waals surface area contributed by atoms with Crippen molar-refractivity contribution in [2.45, 2.75) is 12.8 Å². The van der Waals surface area contributed by atoms with Gasteiger partial charge in [-0.1, -0.05) is 11.8 Å². The number of nitrogens with one attached hydrogen (secondary N) is 2. The van der Waals surface area contributed by atoms with Crippen LogP contribution in [0.3, 0.4) is 0 Å². The third-order valence-electron chi connectivity index (χ3n) is 2.66. The zero-order chi connectivity index (χ0) is 11.7. The Hall–Kier alpha value is -1.86. The van der Waals surface area contributed by atoms with Crippen LogP contribution in [-0.2, 0) is 0 Å². The zero-order valence-electron chi connectivity index (χ0n) is 9.16. The van der Waals surface area contributed by atoms with Crippen LogP contribution in [0.4, 0.5) is 0 Å². The van der Waals surface area contributed by atoms with E-state index in [1.165, 1.54) is 12.8 Å². The molecule has 3 nitrogen and oxygen atoms in total. The maximum absolute atomic E-state index is 4.92. The first-order chi connectivity index (χ1) is 8.31. The van der Waals surface area contributed by atoms with Gasteiger partial charge < -0.3 is 0 Å². The summed E-state index contributed by atoms with van der Waals surface area (Å²) in [5.74, 6) is 7.82. The van der Waals surface area contributed by atoms with Crippen molar-refractivity contribution < 1.29 is 0 Å². The molecule has 0 bridgehead atoms. The Balaban J connectivity index is 1.85. The van der Waals surface area contributed by atoms with Gasteiger partial charge in [0.05, 0.1) is 0 Å². The molecule has 0 spiro atoms. The summed E-state index contributed by atoms with van der Waals surface area (Å²) in [4.78, 5) is 4.16. The molecule has 0 unspecified atom stereocenters. The van der Waals surface area contributed by atoms with Gasteiger partial charge in [0.2, 0.25) is 4.77 Å². The van der Waals surface area contributed by atoms with Crippen LogP contribution in [0.15, 0.2) is 24.3 Å². The van der Waals surface area contributed by atoms with E-state index in [0.717, 1.165) is 17.0 Å². The highest BCUT2D eigenvalue weighted by atomic mass is 32.1. The monoisotopic (exact) mass is 241 g/mol. The van der Waals surface area contributed by atoms with Crippen molar-refractivity contribution >= 4 is 12.2 Å². The second-order valence-corrected chi connectivity index (χ2v) is 4.52. The lowest BCUT2D eigenvalue weighted by atomic mass is 10.1. The minimum absolute atomic E-state index is 0.470. The molecule has 0 atom stereocenters. The highest BCUT2D eigenvalue weighted by molar-refractivity contribution is 7.71. The van der Waals surface area contributed by atoms with Gasteiger partial charge in [-0.2, -0.15) is 4.98 Å². The lowest BCUT2D eigenvalue weighted by molar-refractivity contribution is 1.08. The second-order valence-electron chi connectivity index (χ2n) is 4.14. The lowest BCUT2D eigenvalue weighted by Gasteiger charge is -1.95. The predicted octanol–water partition coefficient (Wildman–Crippen LogP) is 2.90. The van der Waals surface area contributed by atoms with Gasteiger partial charge in [-0.15, -0.1) is 0 Å². The standard InChI is InChI=1S/C13H11N3S/c17-13-14-12(15-16-13)11-7-5-10(6-8-11)4-3-9-1-2-9/h5-9H,1-2H2,(H2,14,15,16,17). The van der Waals surface area contributed by atoms with Crippen molar-refractivity contribution in [3.63, 3.8) is 0 Å². The maximum Gasteiger partial charge on any atom is 0.213 e. The average molecular weight is 241 g/mol. The van der Waals surface area contributed by atoms with E-state index in [1.54, 1.807) is 0 Å². The summed E-state index contributed by atoms with van der Waals surface area (Å²) in [6, 6.07) is 8.02. The van der Waals surface area contributed by atoms with Crippen molar-refractivity contribution in [2.24, 2.45) is 5.92 Å². The summed E-state index contributed by atoms with van der Waals surface area (Å²) in [6.45, 7) is 0. The van der Waals surface area contributed by atoms with Gasteiger partial charge in [0.1, 0.15) is 0 Å². The number of aromatic amines is 2. The number of rotatable bonds is 1. The number of benzene rings is 1. The van der Waals surface area contributed by atoms with Crippen LogP contribution in [-0.4, -0.2) is 15.2 Å². The molecule has 1 heterocycles. The molecule has 17 heavy (non-hydrogen) atoms. The Morgan fingerprint density at radius 1 is 1.18 bits per heavy atom. The van der Waals surface area contributed by atoms with E-state index >= 15 is 0 Å². The summed E-state index contributed by atoms with van der Waals surface area (Å²) >= 11 is 4.92. The van der Waals surface area contributed by atoms with Gasteiger partial charge >= 0.3 is 0 Å². The lowest BCUT2D eigenvalue weighted by Crippen LogP contribution is -1.81. The van der Waals surface area contributed by atoms with E-state index in [1.807, 2.05) is 24.3 Å². The molecular weight excluding hydrogens is 230 g/mol. The fourth-order valence-electron chi connectivity index (χ4n) is 1.53. The first-order valence-electron chi connectivity index (χ1n) is 5.58. The fraction of sp³-hybridized carbons (Fsp3) is 0.231. The Morgan fingerprint density at radius 3 is 2.53 bits per heavy atom. The summed E-state index contributed by atoms with van der Waals surface area (Å²) in [5, 5.41) is 5.71. The van der Waals surface area contributed by atoms with E-state index in [2.05, 4.69) is 27.0 Å². The van der Waals surface area contributed by atoms with Crippen LogP contribution in [0.2, 0.25) is 0 Å². The van der Waals surface area contributed by atoms with Gasteiger partial charge in [-0.3, -0.25) is 10.2 Å². The van der Waals surface area contributed by atoms with E-state index < -0.39 is 0 Å². The molecule has 1 fully saturated rings. The highest BCUT2D eigenvalue weighted by Crippen LogP contribution is 2.27. The minimum atomic E-state index is 0.470. The van der Waals surface area contributed by atoms with Crippen LogP contribution >= 0.6 is 12.2 Å². The van der Waals surface area contributed by atoms with Gasteiger partial charge in [-0.05, 0) is 49.3 Å². The normalized spacial score (nSPS) is 14.1. The molecule has 2 aromatic rings. The molecule has 1 aliphatic rings. The van der Waals surface area contributed by atoms with Crippen molar-refractivity contribution in [1.82, 2.24) is 15.2 Å². The third kappa shape index (κ3) is 2.45. The predicted molar refractivity (Wildman–Crippen MR) is 68.8 cm³/mol. The summed E-state index contributed by atoms with van der Waals surface area (Å²) < 4.78 is 0.470. The first-order valence-corrected chi connectivity index (χ1v) is 5.99. The Morgan fingerprint density at radius 2 is 1.94 bits per heavy atom. The molecule has 84 valence electrons. The van der Waals surface area contributed by atoms with Crippen molar-refractivity contribution in [1.29, 1.82) is 0 Å². The minimum Gasteiger partial charge on any atom is -0.282 e. The van der Waals surface area contributed by atoms with E-state index in [4.69, 9.17) is 12.2 Å². The number of H-pyrrole nitrogens is 2. The Labute approximate surface area is 104 Å². The van der Waals surface area contributed by atoms with Gasteiger partial charge in [0.25, 0.3) is 0 Å². The molecule has 2 N–H and O–H groups in total. The van der Waals surface area contributed by atoms with Crippen LogP contribution in [0, 0.1) is 22.5 Å².